The molecule has 7 nitrogen and oxygen atoms in total. The van der Waals surface area contributed by atoms with Crippen LogP contribution in [0.25, 0.3) is 0 Å². The van der Waals surface area contributed by atoms with E-state index in [1.54, 1.807) is 7.05 Å². The number of nitrogens with zero attached hydrogens (tertiary/aromatic N) is 5. The van der Waals surface area contributed by atoms with Gasteiger partial charge in [-0.25, -0.2) is 24.3 Å². The van der Waals surface area contributed by atoms with Crippen LogP contribution in [0.15, 0.2) is 16.2 Å². The molecular weight excluding hydrogens is 252 g/mol. The molecule has 2 heterocycles. The fraction of sp³-hybridized carbons (Fsp3) is 0.143. The normalized spacial score (nSPS) is 10.6. The molecule has 0 aliphatic carbocycles. The van der Waals surface area contributed by atoms with Crippen molar-refractivity contribution in [1.82, 2.24) is 25.2 Å². The van der Waals surface area contributed by atoms with Gasteiger partial charge in [-0.2, -0.15) is 0 Å². The maximum atomic E-state index is 13.4. The third-order valence-electron chi connectivity index (χ3n) is 1.80. The number of nitrogens with two attached hydrogens (primary N) is 1. The van der Waals surface area contributed by atoms with Crippen molar-refractivity contribution in [1.29, 1.82) is 0 Å². The largest absolute Gasteiger partial charge is 0.306 e. The highest BCUT2D eigenvalue weighted by atomic mass is 32.2. The monoisotopic (exact) mass is 259 g/mol. The molecule has 2 aromatic heterocycles. The quantitative estimate of drug-likeness (QED) is 0.605. The van der Waals surface area contributed by atoms with Crippen molar-refractivity contribution >= 4 is 17.6 Å². The number of halogens is 2. The first-order valence-corrected chi connectivity index (χ1v) is 5.16. The zero-order chi connectivity index (χ0) is 12.4. The second kappa shape index (κ2) is 4.59. The van der Waals surface area contributed by atoms with Crippen LogP contribution < -0.4 is 11.3 Å². The van der Waals surface area contributed by atoms with E-state index >= 15 is 0 Å². The minimum Gasteiger partial charge on any atom is -0.306 e. The van der Waals surface area contributed by atoms with E-state index in [1.807, 2.05) is 5.43 Å². The molecule has 3 N–H and O–H groups in total. The van der Waals surface area contributed by atoms with Gasteiger partial charge in [-0.15, -0.1) is 5.10 Å². The number of hydrogen-bond acceptors (Lipinski definition) is 7. The van der Waals surface area contributed by atoms with Crippen molar-refractivity contribution in [2.45, 2.75) is 10.2 Å². The van der Waals surface area contributed by atoms with Gasteiger partial charge in [0.15, 0.2) is 17.5 Å². The van der Waals surface area contributed by atoms with E-state index in [9.17, 15) is 8.78 Å². The molecule has 0 radical (unpaired) electrons. The van der Waals surface area contributed by atoms with Crippen molar-refractivity contribution in [3.63, 3.8) is 0 Å². The highest BCUT2D eigenvalue weighted by Gasteiger charge is 2.15. The van der Waals surface area contributed by atoms with Crippen LogP contribution in [0, 0.1) is 11.6 Å². The van der Waals surface area contributed by atoms with Crippen LogP contribution >= 0.6 is 11.8 Å². The van der Waals surface area contributed by atoms with Crippen LogP contribution in [-0.4, -0.2) is 25.2 Å². The highest BCUT2D eigenvalue weighted by molar-refractivity contribution is 7.99. The zero-order valence-electron chi connectivity index (χ0n) is 8.55. The Kier molecular flexibility index (Phi) is 3.15. The fourth-order valence-electron chi connectivity index (χ4n) is 1.02. The Bertz CT molecular complexity index is 543. The van der Waals surface area contributed by atoms with Crippen LogP contribution in [0.4, 0.5) is 14.6 Å². The minimum atomic E-state index is -0.870. The summed E-state index contributed by atoms with van der Waals surface area (Å²) in [4.78, 5) is 3.67. The maximum Gasteiger partial charge on any atom is 0.215 e. The van der Waals surface area contributed by atoms with Gasteiger partial charge in [0.25, 0.3) is 0 Å². The molecule has 2 rings (SSSR count). The molecule has 0 aromatic carbocycles. The third kappa shape index (κ3) is 2.31. The summed E-state index contributed by atoms with van der Waals surface area (Å²) < 4.78 is 27.8. The molecule has 0 aliphatic heterocycles. The molecule has 0 saturated heterocycles. The van der Waals surface area contributed by atoms with Crippen molar-refractivity contribution < 1.29 is 8.78 Å². The SMILES string of the molecule is Cn1nnnc1Sc1nc(NN)c(F)cc1F. The Hall–Kier alpha value is -1.81. The van der Waals surface area contributed by atoms with Gasteiger partial charge in [-0.1, -0.05) is 0 Å². The third-order valence-corrected chi connectivity index (χ3v) is 2.81. The summed E-state index contributed by atoms with van der Waals surface area (Å²) in [7, 11) is 1.59. The maximum absolute atomic E-state index is 13.4. The average molecular weight is 259 g/mol. The Morgan fingerprint density at radius 2 is 2.18 bits per heavy atom. The molecule has 10 heteroatoms. The minimum absolute atomic E-state index is 0.0720. The Labute approximate surface area is 98.4 Å². The van der Waals surface area contributed by atoms with Gasteiger partial charge < -0.3 is 5.43 Å². The molecule has 90 valence electrons. The van der Waals surface area contributed by atoms with E-state index in [0.29, 0.717) is 11.2 Å². The molecule has 0 spiro atoms. The molecule has 0 aliphatic rings. The first kappa shape index (κ1) is 11.7. The predicted octanol–water partition coefficient (Wildman–Crippen LogP) is 0.320. The summed E-state index contributed by atoms with van der Waals surface area (Å²) in [6, 6.07) is 0.689. The number of tetrazole rings is 1. The molecule has 17 heavy (non-hydrogen) atoms. The van der Waals surface area contributed by atoms with E-state index in [1.165, 1.54) is 4.68 Å². The molecule has 0 fully saturated rings. The summed E-state index contributed by atoms with van der Waals surface area (Å²) in [5, 5.41) is 10.9. The van der Waals surface area contributed by atoms with Crippen LogP contribution in [0.1, 0.15) is 0 Å². The molecule has 0 saturated carbocycles. The second-order valence-corrected chi connectivity index (χ2v) is 3.89. The molecule has 2 aromatic rings. The van der Waals surface area contributed by atoms with Crippen molar-refractivity contribution in [2.24, 2.45) is 12.9 Å². The molecule has 0 bridgehead atoms. The average Bonchev–Trinajstić information content (AvgIpc) is 2.68. The number of aryl methyl sites for hydroxylation is 1. The van der Waals surface area contributed by atoms with Gasteiger partial charge in [-0.3, -0.25) is 0 Å². The lowest BCUT2D eigenvalue weighted by atomic mass is 10.4. The molecule has 0 atom stereocenters. The Morgan fingerprint density at radius 1 is 1.41 bits per heavy atom. The van der Waals surface area contributed by atoms with E-state index in [-0.39, 0.29) is 10.8 Å². The number of hydrogen-bond donors (Lipinski definition) is 2. The lowest BCUT2D eigenvalue weighted by molar-refractivity contribution is 0.550. The molecular formula is C7H7F2N7S. The number of pyridine rings is 1. The van der Waals surface area contributed by atoms with Crippen molar-refractivity contribution in [3.05, 3.63) is 17.7 Å². The van der Waals surface area contributed by atoms with Gasteiger partial charge in [0, 0.05) is 13.1 Å². The summed E-state index contributed by atoms with van der Waals surface area (Å²) in [5.74, 6) is 3.12. The van der Waals surface area contributed by atoms with Gasteiger partial charge >= 0.3 is 0 Å². The van der Waals surface area contributed by atoms with Crippen LogP contribution in [0.5, 0.6) is 0 Å². The number of aromatic nitrogens is 5. The standard InChI is InChI=1S/C7H7F2N7S/c1-16-7(13-14-15-16)17-6-4(9)2-3(8)5(11-6)12-10/h2H,10H2,1H3,(H,11,12). The van der Waals surface area contributed by atoms with Gasteiger partial charge in [0.1, 0.15) is 5.03 Å². The zero-order valence-corrected chi connectivity index (χ0v) is 9.37. The lowest BCUT2D eigenvalue weighted by Gasteiger charge is -2.05. The Balaban J connectivity index is 2.36. The fourth-order valence-corrected chi connectivity index (χ4v) is 1.73. The van der Waals surface area contributed by atoms with Crippen LogP contribution in [0.2, 0.25) is 0 Å². The van der Waals surface area contributed by atoms with Gasteiger partial charge in [0.2, 0.25) is 5.16 Å². The smallest absolute Gasteiger partial charge is 0.215 e. The Morgan fingerprint density at radius 3 is 2.76 bits per heavy atom. The first-order valence-electron chi connectivity index (χ1n) is 4.34. The number of nitrogen functional groups attached to an aromatic ring is 1. The van der Waals surface area contributed by atoms with Crippen molar-refractivity contribution in [3.8, 4) is 0 Å². The van der Waals surface area contributed by atoms with E-state index in [4.69, 9.17) is 5.84 Å². The predicted molar refractivity (Wildman–Crippen MR) is 54.9 cm³/mol. The van der Waals surface area contributed by atoms with Gasteiger partial charge in [0.05, 0.1) is 0 Å². The summed E-state index contributed by atoms with van der Waals surface area (Å²) in [5.41, 5.74) is 2.03. The van der Waals surface area contributed by atoms with E-state index < -0.39 is 11.6 Å². The van der Waals surface area contributed by atoms with Crippen molar-refractivity contribution in [2.75, 3.05) is 5.43 Å². The molecule has 0 amide bonds. The van der Waals surface area contributed by atoms with Crippen LogP contribution in [-0.2, 0) is 7.05 Å². The number of nitrogens with one attached hydrogen (secondary N) is 1. The number of rotatable bonds is 3. The number of hydrazine groups is 1. The highest BCUT2D eigenvalue weighted by Crippen LogP contribution is 2.27. The van der Waals surface area contributed by atoms with E-state index in [0.717, 1.165) is 11.8 Å². The topological polar surface area (TPSA) is 94.5 Å². The summed E-state index contributed by atoms with van der Waals surface area (Å²) in [6.07, 6.45) is 0. The van der Waals surface area contributed by atoms with Gasteiger partial charge in [-0.05, 0) is 22.2 Å². The summed E-state index contributed by atoms with van der Waals surface area (Å²) >= 11 is 0.864. The van der Waals surface area contributed by atoms with Crippen LogP contribution in [0.3, 0.4) is 0 Å². The first-order chi connectivity index (χ1) is 8.11. The summed E-state index contributed by atoms with van der Waals surface area (Å²) in [6.45, 7) is 0. The molecule has 0 unspecified atom stereocenters. The number of anilines is 1. The lowest BCUT2D eigenvalue weighted by Crippen LogP contribution is -2.11. The second-order valence-electron chi connectivity index (χ2n) is 2.94. The van der Waals surface area contributed by atoms with E-state index in [2.05, 4.69) is 20.5 Å².